The molecule has 0 N–H and O–H groups in total. The van der Waals surface area contributed by atoms with E-state index in [0.717, 1.165) is 25.2 Å². The van der Waals surface area contributed by atoms with Gasteiger partial charge in [-0.15, -0.1) is 0 Å². The number of rotatable bonds is 6. The summed E-state index contributed by atoms with van der Waals surface area (Å²) in [6.07, 6.45) is 0. The summed E-state index contributed by atoms with van der Waals surface area (Å²) in [5, 5.41) is 8.86. The number of hydrogen-bond donors (Lipinski definition) is 0. The number of aromatic nitrogens is 2. The summed E-state index contributed by atoms with van der Waals surface area (Å²) in [6.45, 7) is 4.11. The Morgan fingerprint density at radius 3 is 2.57 bits per heavy atom. The number of nitrogens with zero attached hydrogens (tertiary/aromatic N) is 4. The molecule has 0 aliphatic carbocycles. The maximum absolute atomic E-state index is 13.2. The third kappa shape index (κ3) is 4.20. The standard InChI is InChI=1S/C22H26N4O3S/c1-24-20(13-19(23-24)18-12-17(28-2)4-5-21(18)29-3)22(27)26-9-7-25(8-10-26)14-16-6-11-30-15-16/h4-6,11-13,15H,7-10,14H2,1-3H3. The van der Waals surface area contributed by atoms with E-state index in [0.29, 0.717) is 36.0 Å². The van der Waals surface area contributed by atoms with Crippen molar-refractivity contribution in [3.05, 3.63) is 52.3 Å². The molecule has 1 amide bonds. The predicted molar refractivity (Wildman–Crippen MR) is 117 cm³/mol. The number of carbonyl (C=O) groups is 1. The first kappa shape index (κ1) is 20.4. The Morgan fingerprint density at radius 2 is 1.90 bits per heavy atom. The minimum absolute atomic E-state index is 0.00768. The summed E-state index contributed by atoms with van der Waals surface area (Å²) in [5.74, 6) is 1.41. The second-order valence-electron chi connectivity index (χ2n) is 7.30. The van der Waals surface area contributed by atoms with Gasteiger partial charge in [0.25, 0.3) is 5.91 Å². The molecule has 1 fully saturated rings. The van der Waals surface area contributed by atoms with E-state index in [1.807, 2.05) is 29.2 Å². The second-order valence-corrected chi connectivity index (χ2v) is 8.08. The van der Waals surface area contributed by atoms with E-state index in [1.54, 1.807) is 37.3 Å². The number of hydrogen-bond acceptors (Lipinski definition) is 6. The first-order valence-electron chi connectivity index (χ1n) is 9.88. The fraction of sp³-hybridized carbons (Fsp3) is 0.364. The SMILES string of the molecule is COc1ccc(OC)c(-c2cc(C(=O)N3CCN(Cc4ccsc4)CC3)n(C)n2)c1. The molecule has 0 radical (unpaired) electrons. The topological polar surface area (TPSA) is 59.8 Å². The first-order valence-corrected chi connectivity index (χ1v) is 10.8. The molecule has 158 valence electrons. The number of carbonyl (C=O) groups excluding carboxylic acids is 1. The molecule has 0 saturated carbocycles. The van der Waals surface area contributed by atoms with Crippen molar-refractivity contribution in [3.63, 3.8) is 0 Å². The number of benzene rings is 1. The lowest BCUT2D eigenvalue weighted by Gasteiger charge is -2.34. The minimum Gasteiger partial charge on any atom is -0.497 e. The van der Waals surface area contributed by atoms with Crippen molar-refractivity contribution in [1.29, 1.82) is 0 Å². The third-order valence-corrected chi connectivity index (χ3v) is 6.16. The van der Waals surface area contributed by atoms with Crippen LogP contribution in [0.25, 0.3) is 11.3 Å². The van der Waals surface area contributed by atoms with E-state index in [4.69, 9.17) is 9.47 Å². The van der Waals surface area contributed by atoms with E-state index in [1.165, 1.54) is 5.56 Å². The lowest BCUT2D eigenvalue weighted by molar-refractivity contribution is 0.0618. The van der Waals surface area contributed by atoms with Crippen molar-refractivity contribution in [1.82, 2.24) is 19.6 Å². The molecule has 1 aliphatic rings. The Labute approximate surface area is 180 Å². The molecule has 0 bridgehead atoms. The first-order chi connectivity index (χ1) is 14.6. The van der Waals surface area contributed by atoms with Gasteiger partial charge >= 0.3 is 0 Å². The van der Waals surface area contributed by atoms with Gasteiger partial charge in [-0.1, -0.05) is 0 Å². The molecule has 1 aromatic carbocycles. The maximum atomic E-state index is 13.2. The molecule has 30 heavy (non-hydrogen) atoms. The van der Waals surface area contributed by atoms with Crippen LogP contribution < -0.4 is 9.47 Å². The van der Waals surface area contributed by atoms with Crippen LogP contribution in [0.2, 0.25) is 0 Å². The quantitative estimate of drug-likeness (QED) is 0.606. The summed E-state index contributed by atoms with van der Waals surface area (Å²) >= 11 is 1.72. The van der Waals surface area contributed by atoms with Gasteiger partial charge in [-0.25, -0.2) is 0 Å². The summed E-state index contributed by atoms with van der Waals surface area (Å²) in [6, 6.07) is 9.55. The van der Waals surface area contributed by atoms with Crippen molar-refractivity contribution in [2.24, 2.45) is 7.05 Å². The van der Waals surface area contributed by atoms with Gasteiger partial charge in [0.2, 0.25) is 0 Å². The van der Waals surface area contributed by atoms with Crippen LogP contribution in [0.15, 0.2) is 41.1 Å². The molecule has 4 rings (SSSR count). The van der Waals surface area contributed by atoms with E-state index in [2.05, 4.69) is 26.8 Å². The molecule has 0 spiro atoms. The van der Waals surface area contributed by atoms with Crippen LogP contribution in [0, 0.1) is 0 Å². The number of aryl methyl sites for hydroxylation is 1. The highest BCUT2D eigenvalue weighted by atomic mass is 32.1. The van der Waals surface area contributed by atoms with Crippen LogP contribution in [0.3, 0.4) is 0 Å². The van der Waals surface area contributed by atoms with Crippen molar-refractivity contribution < 1.29 is 14.3 Å². The zero-order chi connectivity index (χ0) is 21.1. The molecule has 3 aromatic rings. The Hall–Kier alpha value is -2.84. The van der Waals surface area contributed by atoms with Gasteiger partial charge in [-0.2, -0.15) is 16.4 Å². The lowest BCUT2D eigenvalue weighted by atomic mass is 10.1. The maximum Gasteiger partial charge on any atom is 0.272 e. The van der Waals surface area contributed by atoms with E-state index < -0.39 is 0 Å². The number of piperazine rings is 1. The van der Waals surface area contributed by atoms with Gasteiger partial charge in [0, 0.05) is 45.3 Å². The molecule has 1 aliphatic heterocycles. The average molecular weight is 427 g/mol. The zero-order valence-electron chi connectivity index (χ0n) is 17.5. The van der Waals surface area contributed by atoms with Crippen molar-refractivity contribution >= 4 is 17.2 Å². The fourth-order valence-corrected chi connectivity index (χ4v) is 4.38. The van der Waals surface area contributed by atoms with Gasteiger partial charge in [-0.05, 0) is 46.7 Å². The number of methoxy groups -OCH3 is 2. The molecule has 0 atom stereocenters. The smallest absolute Gasteiger partial charge is 0.272 e. The van der Waals surface area contributed by atoms with Gasteiger partial charge in [0.15, 0.2) is 0 Å². The Balaban J connectivity index is 1.48. The summed E-state index contributed by atoms with van der Waals surface area (Å²) in [7, 11) is 5.04. The molecule has 1 saturated heterocycles. The molecule has 0 unspecified atom stereocenters. The van der Waals surface area contributed by atoms with E-state index in [-0.39, 0.29) is 5.91 Å². The zero-order valence-corrected chi connectivity index (χ0v) is 18.3. The summed E-state index contributed by atoms with van der Waals surface area (Å²) in [4.78, 5) is 17.5. The lowest BCUT2D eigenvalue weighted by Crippen LogP contribution is -2.48. The van der Waals surface area contributed by atoms with Crippen LogP contribution in [0.4, 0.5) is 0 Å². The summed E-state index contributed by atoms with van der Waals surface area (Å²) in [5.41, 5.74) is 3.39. The molecule has 3 heterocycles. The average Bonchev–Trinajstić information content (AvgIpc) is 3.43. The highest BCUT2D eigenvalue weighted by molar-refractivity contribution is 7.07. The summed E-state index contributed by atoms with van der Waals surface area (Å²) < 4.78 is 12.5. The van der Waals surface area contributed by atoms with Gasteiger partial charge < -0.3 is 14.4 Å². The van der Waals surface area contributed by atoms with Crippen LogP contribution in [-0.2, 0) is 13.6 Å². The fourth-order valence-electron chi connectivity index (χ4n) is 3.73. The molecular weight excluding hydrogens is 400 g/mol. The van der Waals surface area contributed by atoms with E-state index >= 15 is 0 Å². The highest BCUT2D eigenvalue weighted by Gasteiger charge is 2.25. The van der Waals surface area contributed by atoms with E-state index in [9.17, 15) is 4.79 Å². The predicted octanol–water partition coefficient (Wildman–Crippen LogP) is 3.12. The molecule has 7 nitrogen and oxygen atoms in total. The monoisotopic (exact) mass is 426 g/mol. The van der Waals surface area contributed by atoms with Crippen molar-refractivity contribution in [2.75, 3.05) is 40.4 Å². The Kier molecular flexibility index (Phi) is 6.06. The number of ether oxygens (including phenoxy) is 2. The molecule has 8 heteroatoms. The largest absolute Gasteiger partial charge is 0.497 e. The van der Waals surface area contributed by atoms with Crippen LogP contribution >= 0.6 is 11.3 Å². The third-order valence-electron chi connectivity index (χ3n) is 5.43. The Morgan fingerprint density at radius 1 is 1.10 bits per heavy atom. The van der Waals surface area contributed by atoms with Crippen molar-refractivity contribution in [2.45, 2.75) is 6.54 Å². The number of thiophene rings is 1. The van der Waals surface area contributed by atoms with Crippen LogP contribution in [0.1, 0.15) is 16.1 Å². The van der Waals surface area contributed by atoms with Gasteiger partial charge in [0.05, 0.1) is 19.9 Å². The minimum atomic E-state index is 0.00768. The van der Waals surface area contributed by atoms with Crippen LogP contribution in [-0.4, -0.2) is 65.9 Å². The van der Waals surface area contributed by atoms with Crippen LogP contribution in [0.5, 0.6) is 11.5 Å². The molecule has 2 aromatic heterocycles. The number of amides is 1. The van der Waals surface area contributed by atoms with Crippen molar-refractivity contribution in [3.8, 4) is 22.8 Å². The van der Waals surface area contributed by atoms with Gasteiger partial charge in [-0.3, -0.25) is 14.4 Å². The van der Waals surface area contributed by atoms with Gasteiger partial charge in [0.1, 0.15) is 17.2 Å². The Bertz CT molecular complexity index is 1010. The normalized spacial score (nSPS) is 14.7. The second kappa shape index (κ2) is 8.89. The molecular formula is C22H26N4O3S. The highest BCUT2D eigenvalue weighted by Crippen LogP contribution is 2.33.